The molecule has 0 aliphatic heterocycles. The molecule has 1 aliphatic carbocycles. The van der Waals surface area contributed by atoms with E-state index in [2.05, 4.69) is 5.32 Å². The molecule has 1 aromatic rings. The molecule has 0 spiro atoms. The Morgan fingerprint density at radius 1 is 1.18 bits per heavy atom. The fourth-order valence-electron chi connectivity index (χ4n) is 2.70. The van der Waals surface area contributed by atoms with Crippen LogP contribution in [0.3, 0.4) is 0 Å². The van der Waals surface area contributed by atoms with Crippen molar-refractivity contribution in [2.75, 3.05) is 0 Å². The molecule has 120 valence electrons. The van der Waals surface area contributed by atoms with Crippen molar-refractivity contribution < 1.29 is 22.8 Å². The first-order valence-corrected chi connectivity index (χ1v) is 7.05. The van der Waals surface area contributed by atoms with Gasteiger partial charge in [0, 0.05) is 17.2 Å². The van der Waals surface area contributed by atoms with Gasteiger partial charge >= 0.3 is 6.18 Å². The highest BCUT2D eigenvalue weighted by molar-refractivity contribution is 5.99. The highest BCUT2D eigenvalue weighted by Crippen LogP contribution is 2.37. The van der Waals surface area contributed by atoms with E-state index < -0.39 is 30.0 Å². The normalized spacial score (nSPS) is 22.1. The summed E-state index contributed by atoms with van der Waals surface area (Å²) in [7, 11) is 0. The van der Waals surface area contributed by atoms with Crippen molar-refractivity contribution in [3.63, 3.8) is 0 Å². The molecule has 0 saturated heterocycles. The number of benzene rings is 1. The predicted octanol–water partition coefficient (Wildman–Crippen LogP) is 2.64. The largest absolute Gasteiger partial charge is 0.391 e. The standard InChI is InChI=1S/C15H17F3N2O2/c16-15(17,18)11-5-2-6-12(8-11)20-14(22)10-4-1-3-9(7-10)13(19)21/h1,3-4,7,11-12H,2,5-6,8H2,(H2,19,21)(H,20,22). The van der Waals surface area contributed by atoms with Crippen molar-refractivity contribution in [2.24, 2.45) is 11.7 Å². The van der Waals surface area contributed by atoms with Crippen LogP contribution in [0.1, 0.15) is 46.4 Å². The average molecular weight is 314 g/mol. The molecule has 1 aliphatic rings. The molecule has 2 rings (SSSR count). The minimum Gasteiger partial charge on any atom is -0.366 e. The van der Waals surface area contributed by atoms with E-state index in [0.717, 1.165) is 0 Å². The van der Waals surface area contributed by atoms with E-state index in [0.29, 0.717) is 12.8 Å². The molecular weight excluding hydrogens is 297 g/mol. The number of hydrogen-bond donors (Lipinski definition) is 2. The quantitative estimate of drug-likeness (QED) is 0.900. The maximum absolute atomic E-state index is 12.8. The van der Waals surface area contributed by atoms with Gasteiger partial charge in [0.25, 0.3) is 5.91 Å². The number of nitrogens with two attached hydrogens (primary N) is 1. The van der Waals surface area contributed by atoms with E-state index >= 15 is 0 Å². The smallest absolute Gasteiger partial charge is 0.366 e. The summed E-state index contributed by atoms with van der Waals surface area (Å²) in [5.74, 6) is -2.52. The van der Waals surface area contributed by atoms with Gasteiger partial charge in [0.1, 0.15) is 0 Å². The van der Waals surface area contributed by atoms with Crippen LogP contribution in [0.15, 0.2) is 24.3 Å². The SMILES string of the molecule is NC(=O)c1cccc(C(=O)NC2CCCC(C(F)(F)F)C2)c1. The zero-order valence-corrected chi connectivity index (χ0v) is 11.8. The van der Waals surface area contributed by atoms with Gasteiger partial charge in [-0.05, 0) is 37.5 Å². The number of amides is 2. The molecular formula is C15H17F3N2O2. The molecule has 1 saturated carbocycles. The van der Waals surface area contributed by atoms with Crippen LogP contribution >= 0.6 is 0 Å². The van der Waals surface area contributed by atoms with Crippen LogP contribution in [-0.2, 0) is 0 Å². The number of primary amides is 1. The van der Waals surface area contributed by atoms with Gasteiger partial charge in [0.2, 0.25) is 5.91 Å². The first-order valence-electron chi connectivity index (χ1n) is 7.05. The number of carbonyl (C=O) groups excluding carboxylic acids is 2. The summed E-state index contributed by atoms with van der Waals surface area (Å²) in [4.78, 5) is 23.2. The summed E-state index contributed by atoms with van der Waals surface area (Å²) >= 11 is 0. The number of hydrogen-bond acceptors (Lipinski definition) is 2. The van der Waals surface area contributed by atoms with Crippen molar-refractivity contribution in [2.45, 2.75) is 37.9 Å². The fourth-order valence-corrected chi connectivity index (χ4v) is 2.70. The van der Waals surface area contributed by atoms with Crippen molar-refractivity contribution in [1.82, 2.24) is 5.32 Å². The van der Waals surface area contributed by atoms with Crippen molar-refractivity contribution in [1.29, 1.82) is 0 Å². The van der Waals surface area contributed by atoms with E-state index in [1.807, 2.05) is 0 Å². The molecule has 22 heavy (non-hydrogen) atoms. The summed E-state index contributed by atoms with van der Waals surface area (Å²) < 4.78 is 38.3. The maximum atomic E-state index is 12.8. The molecule has 0 bridgehead atoms. The molecule has 0 aromatic heterocycles. The second kappa shape index (κ2) is 6.37. The van der Waals surface area contributed by atoms with Crippen molar-refractivity contribution >= 4 is 11.8 Å². The highest BCUT2D eigenvalue weighted by atomic mass is 19.4. The van der Waals surface area contributed by atoms with Gasteiger partial charge in [-0.15, -0.1) is 0 Å². The topological polar surface area (TPSA) is 72.2 Å². The van der Waals surface area contributed by atoms with Crippen LogP contribution in [0.25, 0.3) is 0 Å². The van der Waals surface area contributed by atoms with E-state index in [9.17, 15) is 22.8 Å². The zero-order chi connectivity index (χ0) is 16.3. The molecule has 2 amide bonds. The van der Waals surface area contributed by atoms with E-state index in [1.54, 1.807) is 0 Å². The van der Waals surface area contributed by atoms with E-state index in [-0.39, 0.29) is 24.0 Å². The Balaban J connectivity index is 2.02. The second-order valence-corrected chi connectivity index (χ2v) is 5.52. The molecule has 1 aromatic carbocycles. The number of nitrogens with one attached hydrogen (secondary N) is 1. The Kier molecular flexibility index (Phi) is 4.73. The van der Waals surface area contributed by atoms with Gasteiger partial charge in [0.15, 0.2) is 0 Å². The summed E-state index contributed by atoms with van der Waals surface area (Å²) in [5, 5.41) is 2.61. The van der Waals surface area contributed by atoms with Crippen LogP contribution in [-0.4, -0.2) is 24.0 Å². The molecule has 2 atom stereocenters. The Morgan fingerprint density at radius 3 is 2.50 bits per heavy atom. The van der Waals surface area contributed by atoms with Gasteiger partial charge < -0.3 is 11.1 Å². The average Bonchev–Trinajstić information content (AvgIpc) is 2.46. The number of halogens is 3. The molecule has 4 nitrogen and oxygen atoms in total. The molecule has 2 unspecified atom stereocenters. The number of rotatable bonds is 3. The van der Waals surface area contributed by atoms with Crippen LogP contribution in [0, 0.1) is 5.92 Å². The predicted molar refractivity (Wildman–Crippen MR) is 74.2 cm³/mol. The summed E-state index contributed by atoms with van der Waals surface area (Å²) in [5.41, 5.74) is 5.54. The van der Waals surface area contributed by atoms with Gasteiger partial charge in [0.05, 0.1) is 5.92 Å². The van der Waals surface area contributed by atoms with Gasteiger partial charge in [-0.1, -0.05) is 12.5 Å². The Labute approximate surface area is 125 Å². The summed E-state index contributed by atoms with van der Waals surface area (Å²) in [6, 6.07) is 5.30. The maximum Gasteiger partial charge on any atom is 0.391 e. The molecule has 7 heteroatoms. The van der Waals surface area contributed by atoms with Crippen molar-refractivity contribution in [3.8, 4) is 0 Å². The van der Waals surface area contributed by atoms with Gasteiger partial charge in [-0.3, -0.25) is 9.59 Å². The van der Waals surface area contributed by atoms with Crippen LogP contribution in [0.5, 0.6) is 0 Å². The summed E-state index contributed by atoms with van der Waals surface area (Å²) in [6.45, 7) is 0. The minimum absolute atomic E-state index is 0.104. The lowest BCUT2D eigenvalue weighted by Gasteiger charge is -2.31. The zero-order valence-electron chi connectivity index (χ0n) is 11.8. The third-order valence-electron chi connectivity index (χ3n) is 3.88. The molecule has 0 heterocycles. The van der Waals surface area contributed by atoms with Crippen LogP contribution in [0.4, 0.5) is 13.2 Å². The van der Waals surface area contributed by atoms with E-state index in [1.165, 1.54) is 24.3 Å². The third kappa shape index (κ3) is 3.99. The lowest BCUT2D eigenvalue weighted by Crippen LogP contribution is -2.41. The molecule has 0 radical (unpaired) electrons. The summed E-state index contributed by atoms with van der Waals surface area (Å²) in [6.07, 6.45) is -3.28. The fraction of sp³-hybridized carbons (Fsp3) is 0.467. The molecule has 3 N–H and O–H groups in total. The lowest BCUT2D eigenvalue weighted by atomic mass is 9.85. The first-order chi connectivity index (χ1) is 10.3. The molecule has 1 fully saturated rings. The third-order valence-corrected chi connectivity index (χ3v) is 3.88. The number of alkyl halides is 3. The monoisotopic (exact) mass is 314 g/mol. The minimum atomic E-state index is -4.23. The number of carbonyl (C=O) groups is 2. The van der Waals surface area contributed by atoms with Gasteiger partial charge in [-0.25, -0.2) is 0 Å². The second-order valence-electron chi connectivity index (χ2n) is 5.52. The highest BCUT2D eigenvalue weighted by Gasteiger charge is 2.42. The van der Waals surface area contributed by atoms with E-state index in [4.69, 9.17) is 5.73 Å². The Morgan fingerprint density at radius 2 is 1.86 bits per heavy atom. The first kappa shape index (κ1) is 16.3. The van der Waals surface area contributed by atoms with Crippen LogP contribution < -0.4 is 11.1 Å². The lowest BCUT2D eigenvalue weighted by molar-refractivity contribution is -0.183. The van der Waals surface area contributed by atoms with Crippen LogP contribution in [0.2, 0.25) is 0 Å². The van der Waals surface area contributed by atoms with Crippen molar-refractivity contribution in [3.05, 3.63) is 35.4 Å². The van der Waals surface area contributed by atoms with Gasteiger partial charge in [-0.2, -0.15) is 13.2 Å². The Bertz CT molecular complexity index is 572. The Hall–Kier alpha value is -2.05.